The van der Waals surface area contributed by atoms with Crippen LogP contribution in [0.3, 0.4) is 0 Å². The van der Waals surface area contributed by atoms with E-state index in [1.54, 1.807) is 6.26 Å². The molecule has 4 nitrogen and oxygen atoms in total. The molecule has 25 heavy (non-hydrogen) atoms. The lowest BCUT2D eigenvalue weighted by Crippen LogP contribution is -2.18. The summed E-state index contributed by atoms with van der Waals surface area (Å²) in [6, 6.07) is 0. The van der Waals surface area contributed by atoms with Crippen LogP contribution in [0.1, 0.15) is 91.4 Å². The fourth-order valence-corrected chi connectivity index (χ4v) is 2.26. The van der Waals surface area contributed by atoms with Crippen molar-refractivity contribution < 1.29 is 18.9 Å². The average Bonchev–Trinajstić information content (AvgIpc) is 2.62. The number of hydrogen-bond donors (Lipinski definition) is 0. The van der Waals surface area contributed by atoms with Gasteiger partial charge in [-0.1, -0.05) is 59.3 Å². The lowest BCUT2D eigenvalue weighted by Gasteiger charge is -2.17. The molecule has 0 N–H and O–H groups in total. The fraction of sp³-hybridized carbons (Fsp3) is 0.905. The largest absolute Gasteiger partial charge is 0.475 e. The van der Waals surface area contributed by atoms with Gasteiger partial charge in [0.2, 0.25) is 0 Å². The van der Waals surface area contributed by atoms with Crippen molar-refractivity contribution in [2.45, 2.75) is 97.7 Å². The van der Waals surface area contributed by atoms with Crippen LogP contribution >= 0.6 is 0 Å². The fourth-order valence-electron chi connectivity index (χ4n) is 2.26. The highest BCUT2D eigenvalue weighted by Crippen LogP contribution is 2.08. The Hall–Kier alpha value is -0.580. The van der Waals surface area contributed by atoms with Crippen molar-refractivity contribution in [3.63, 3.8) is 0 Å². The number of unbranched alkanes of at least 4 members (excludes halogenated alkanes) is 6. The minimum atomic E-state index is -0.0953. The summed E-state index contributed by atoms with van der Waals surface area (Å²) in [6.45, 7) is 9.25. The zero-order valence-electron chi connectivity index (χ0n) is 17.0. The van der Waals surface area contributed by atoms with Crippen molar-refractivity contribution in [2.24, 2.45) is 0 Å². The molecule has 0 radical (unpaired) electrons. The van der Waals surface area contributed by atoms with Gasteiger partial charge in [-0.15, -0.1) is 0 Å². The van der Waals surface area contributed by atoms with E-state index in [0.717, 1.165) is 64.8 Å². The highest BCUT2D eigenvalue weighted by Gasteiger charge is 2.07. The predicted octanol–water partition coefficient (Wildman–Crippen LogP) is 6.20. The van der Waals surface area contributed by atoms with Crippen LogP contribution < -0.4 is 0 Å². The zero-order chi connectivity index (χ0) is 18.4. The molecule has 0 amide bonds. The van der Waals surface area contributed by atoms with Gasteiger partial charge in [-0.2, -0.15) is 0 Å². The van der Waals surface area contributed by atoms with Gasteiger partial charge in [-0.25, -0.2) is 0 Å². The van der Waals surface area contributed by atoms with Crippen LogP contribution in [0.4, 0.5) is 0 Å². The van der Waals surface area contributed by atoms with E-state index in [0.29, 0.717) is 6.79 Å². The minimum Gasteiger partial charge on any atom is -0.475 e. The summed E-state index contributed by atoms with van der Waals surface area (Å²) in [4.78, 5) is 0. The average molecular weight is 359 g/mol. The van der Waals surface area contributed by atoms with E-state index in [1.807, 2.05) is 6.08 Å². The Balaban J connectivity index is 3.57. The smallest absolute Gasteiger partial charge is 0.188 e. The number of rotatable bonds is 20. The Labute approximate surface area is 156 Å². The van der Waals surface area contributed by atoms with Gasteiger partial charge in [0.25, 0.3) is 0 Å². The molecule has 4 heteroatoms. The molecule has 0 saturated heterocycles. The maximum Gasteiger partial charge on any atom is 0.188 e. The van der Waals surface area contributed by atoms with E-state index < -0.39 is 0 Å². The highest BCUT2D eigenvalue weighted by atomic mass is 16.7. The first-order valence-corrected chi connectivity index (χ1v) is 10.4. The zero-order valence-corrected chi connectivity index (χ0v) is 17.0. The standard InChI is InChI=1S/C21H42O4/c1-4-7-10-11-13-16-22-20-23-17-14-12-15-21(24-18-8-5-2)25-19-9-6-3/h14,17,21H,4-13,15-16,18-20H2,1-3H3. The molecular formula is C21H42O4. The molecule has 0 aromatic rings. The SMILES string of the molecule is CCCCCCCOCOC=CCCC(OCCCC)OCCCC. The second-order valence-electron chi connectivity index (χ2n) is 6.43. The Morgan fingerprint density at radius 1 is 0.720 bits per heavy atom. The molecule has 150 valence electrons. The molecule has 0 spiro atoms. The van der Waals surface area contributed by atoms with Gasteiger partial charge < -0.3 is 18.9 Å². The summed E-state index contributed by atoms with van der Waals surface area (Å²) in [5.74, 6) is 0. The van der Waals surface area contributed by atoms with Crippen molar-refractivity contribution in [3.8, 4) is 0 Å². The maximum atomic E-state index is 5.81. The van der Waals surface area contributed by atoms with Gasteiger partial charge in [-0.05, 0) is 31.8 Å². The molecule has 0 aliphatic rings. The Kier molecular flexibility index (Phi) is 21.0. The van der Waals surface area contributed by atoms with E-state index in [1.165, 1.54) is 25.7 Å². The molecule has 0 aliphatic heterocycles. The first-order chi connectivity index (χ1) is 12.3. The van der Waals surface area contributed by atoms with Gasteiger partial charge in [0.1, 0.15) is 0 Å². The quantitative estimate of drug-likeness (QED) is 0.147. The summed E-state index contributed by atoms with van der Waals surface area (Å²) in [7, 11) is 0. The summed E-state index contributed by atoms with van der Waals surface area (Å²) in [5, 5.41) is 0. The molecule has 0 saturated carbocycles. The van der Waals surface area contributed by atoms with Gasteiger partial charge in [0.05, 0.1) is 12.9 Å². The third-order valence-electron chi connectivity index (χ3n) is 3.91. The number of allylic oxidation sites excluding steroid dienone is 1. The van der Waals surface area contributed by atoms with Crippen LogP contribution in [0, 0.1) is 0 Å². The van der Waals surface area contributed by atoms with Gasteiger partial charge >= 0.3 is 0 Å². The molecule has 0 bridgehead atoms. The lowest BCUT2D eigenvalue weighted by molar-refractivity contribution is -0.146. The summed E-state index contributed by atoms with van der Waals surface area (Å²) in [5.41, 5.74) is 0. The molecule has 0 aromatic heterocycles. The van der Waals surface area contributed by atoms with E-state index >= 15 is 0 Å². The molecule has 0 aromatic carbocycles. The Morgan fingerprint density at radius 3 is 2.00 bits per heavy atom. The molecule has 0 aliphatic carbocycles. The number of ether oxygens (including phenoxy) is 4. The van der Waals surface area contributed by atoms with Crippen molar-refractivity contribution in [1.29, 1.82) is 0 Å². The molecular weight excluding hydrogens is 316 g/mol. The summed E-state index contributed by atoms with van der Waals surface area (Å²) >= 11 is 0. The van der Waals surface area contributed by atoms with Crippen LogP contribution in [0.25, 0.3) is 0 Å². The molecule has 0 rings (SSSR count). The summed E-state index contributed by atoms with van der Waals surface area (Å²) in [6.07, 6.45) is 16.2. The maximum absolute atomic E-state index is 5.81. The lowest BCUT2D eigenvalue weighted by atomic mass is 10.2. The second-order valence-corrected chi connectivity index (χ2v) is 6.43. The molecule has 0 unspecified atom stereocenters. The van der Waals surface area contributed by atoms with E-state index in [-0.39, 0.29) is 6.29 Å². The predicted molar refractivity (Wildman–Crippen MR) is 105 cm³/mol. The molecule has 0 atom stereocenters. The monoisotopic (exact) mass is 358 g/mol. The van der Waals surface area contributed by atoms with Crippen LogP contribution in [-0.2, 0) is 18.9 Å². The van der Waals surface area contributed by atoms with Gasteiger partial charge in [-0.3, -0.25) is 0 Å². The Bertz CT molecular complexity index is 259. The summed E-state index contributed by atoms with van der Waals surface area (Å²) < 4.78 is 22.4. The van der Waals surface area contributed by atoms with Gasteiger partial charge in [0, 0.05) is 19.6 Å². The topological polar surface area (TPSA) is 36.9 Å². The third kappa shape index (κ3) is 19.6. The van der Waals surface area contributed by atoms with Crippen LogP contribution in [0.15, 0.2) is 12.3 Å². The number of hydrogen-bond acceptors (Lipinski definition) is 4. The third-order valence-corrected chi connectivity index (χ3v) is 3.91. The van der Waals surface area contributed by atoms with E-state index in [9.17, 15) is 0 Å². The van der Waals surface area contributed by atoms with Crippen LogP contribution in [0.5, 0.6) is 0 Å². The van der Waals surface area contributed by atoms with Crippen molar-refractivity contribution in [2.75, 3.05) is 26.6 Å². The molecule has 0 heterocycles. The van der Waals surface area contributed by atoms with Crippen LogP contribution in [0.2, 0.25) is 0 Å². The molecule has 0 fully saturated rings. The highest BCUT2D eigenvalue weighted by molar-refractivity contribution is 4.73. The minimum absolute atomic E-state index is 0.0953. The second kappa shape index (κ2) is 21.5. The first-order valence-electron chi connectivity index (χ1n) is 10.4. The van der Waals surface area contributed by atoms with E-state index in [4.69, 9.17) is 18.9 Å². The van der Waals surface area contributed by atoms with E-state index in [2.05, 4.69) is 20.8 Å². The normalized spacial score (nSPS) is 11.7. The first kappa shape index (κ1) is 24.4. The van der Waals surface area contributed by atoms with Crippen molar-refractivity contribution >= 4 is 0 Å². The van der Waals surface area contributed by atoms with Crippen molar-refractivity contribution in [1.82, 2.24) is 0 Å². The van der Waals surface area contributed by atoms with Crippen LogP contribution in [-0.4, -0.2) is 32.9 Å². The Morgan fingerprint density at radius 2 is 1.36 bits per heavy atom. The van der Waals surface area contributed by atoms with Gasteiger partial charge in [0.15, 0.2) is 13.1 Å². The van der Waals surface area contributed by atoms with Crippen molar-refractivity contribution in [3.05, 3.63) is 12.3 Å².